The average Bonchev–Trinajstić information content (AvgIpc) is 2.16. The Bertz CT molecular complexity index is 373. The SMILES string of the molecule is COc1c(C)cc(CC(C)C(=O)O)cc1C. The molecule has 0 spiro atoms. The van der Waals surface area contributed by atoms with Gasteiger partial charge in [-0.15, -0.1) is 0 Å². The van der Waals surface area contributed by atoms with Gasteiger partial charge in [0.05, 0.1) is 13.0 Å². The van der Waals surface area contributed by atoms with Gasteiger partial charge in [0.25, 0.3) is 0 Å². The van der Waals surface area contributed by atoms with Crippen molar-refractivity contribution in [2.45, 2.75) is 27.2 Å². The van der Waals surface area contributed by atoms with E-state index in [0.717, 1.165) is 22.4 Å². The summed E-state index contributed by atoms with van der Waals surface area (Å²) < 4.78 is 5.27. The molecule has 0 aliphatic carbocycles. The molecule has 1 aromatic carbocycles. The van der Waals surface area contributed by atoms with Gasteiger partial charge in [-0.1, -0.05) is 19.1 Å². The van der Waals surface area contributed by atoms with Crippen molar-refractivity contribution in [1.82, 2.24) is 0 Å². The van der Waals surface area contributed by atoms with Gasteiger partial charge in [0, 0.05) is 0 Å². The summed E-state index contributed by atoms with van der Waals surface area (Å²) in [5, 5.41) is 8.86. The molecule has 1 aromatic rings. The highest BCUT2D eigenvalue weighted by atomic mass is 16.5. The lowest BCUT2D eigenvalue weighted by molar-refractivity contribution is -0.141. The van der Waals surface area contributed by atoms with Gasteiger partial charge in [0.2, 0.25) is 0 Å². The van der Waals surface area contributed by atoms with Crippen LogP contribution in [0.5, 0.6) is 5.75 Å². The molecule has 3 heteroatoms. The second-order valence-electron chi connectivity index (χ2n) is 4.21. The van der Waals surface area contributed by atoms with Crippen LogP contribution in [0.2, 0.25) is 0 Å². The molecule has 0 amide bonds. The second-order valence-corrected chi connectivity index (χ2v) is 4.21. The lowest BCUT2D eigenvalue weighted by Crippen LogP contribution is -2.12. The Hall–Kier alpha value is -1.51. The fourth-order valence-corrected chi connectivity index (χ4v) is 1.92. The Morgan fingerprint density at radius 3 is 2.25 bits per heavy atom. The number of carbonyl (C=O) groups is 1. The Morgan fingerprint density at radius 1 is 1.38 bits per heavy atom. The monoisotopic (exact) mass is 222 g/mol. The minimum atomic E-state index is -0.758. The minimum Gasteiger partial charge on any atom is -0.496 e. The zero-order chi connectivity index (χ0) is 12.3. The van der Waals surface area contributed by atoms with Gasteiger partial charge < -0.3 is 9.84 Å². The molecule has 1 rings (SSSR count). The van der Waals surface area contributed by atoms with Gasteiger partial charge in [-0.3, -0.25) is 4.79 Å². The number of carboxylic acids is 1. The normalized spacial score (nSPS) is 12.2. The van der Waals surface area contributed by atoms with E-state index in [1.807, 2.05) is 26.0 Å². The predicted molar refractivity (Wildman–Crippen MR) is 63.0 cm³/mol. The van der Waals surface area contributed by atoms with Crippen molar-refractivity contribution in [3.8, 4) is 5.75 Å². The summed E-state index contributed by atoms with van der Waals surface area (Å²) in [7, 11) is 1.65. The van der Waals surface area contributed by atoms with Crippen molar-refractivity contribution in [3.05, 3.63) is 28.8 Å². The van der Waals surface area contributed by atoms with Crippen LogP contribution < -0.4 is 4.74 Å². The van der Waals surface area contributed by atoms with Crippen LogP contribution in [0.4, 0.5) is 0 Å². The zero-order valence-corrected chi connectivity index (χ0v) is 10.2. The summed E-state index contributed by atoms with van der Waals surface area (Å²) in [6, 6.07) is 3.98. The van der Waals surface area contributed by atoms with Gasteiger partial charge in [0.1, 0.15) is 5.75 Å². The molecule has 0 aromatic heterocycles. The minimum absolute atomic E-state index is 0.354. The summed E-state index contributed by atoms with van der Waals surface area (Å²) in [5.74, 6) is -0.231. The molecule has 0 saturated carbocycles. The molecule has 0 aliphatic heterocycles. The van der Waals surface area contributed by atoms with Gasteiger partial charge >= 0.3 is 5.97 Å². The van der Waals surface area contributed by atoms with Gasteiger partial charge in [-0.25, -0.2) is 0 Å². The van der Waals surface area contributed by atoms with Gasteiger partial charge in [0.15, 0.2) is 0 Å². The Morgan fingerprint density at radius 2 is 1.88 bits per heavy atom. The number of aryl methyl sites for hydroxylation is 2. The highest BCUT2D eigenvalue weighted by Crippen LogP contribution is 2.25. The highest BCUT2D eigenvalue weighted by Gasteiger charge is 2.13. The first kappa shape index (κ1) is 12.6. The number of ether oxygens (including phenoxy) is 1. The fourth-order valence-electron chi connectivity index (χ4n) is 1.92. The maximum atomic E-state index is 10.8. The molecular formula is C13H18O3. The lowest BCUT2D eigenvalue weighted by Gasteiger charge is -2.12. The third kappa shape index (κ3) is 2.75. The van der Waals surface area contributed by atoms with E-state index in [-0.39, 0.29) is 5.92 Å². The van der Waals surface area contributed by atoms with E-state index in [4.69, 9.17) is 9.84 Å². The molecule has 0 aliphatic rings. The van der Waals surface area contributed by atoms with E-state index in [2.05, 4.69) is 0 Å². The lowest BCUT2D eigenvalue weighted by atomic mass is 9.97. The molecule has 0 fully saturated rings. The molecule has 0 saturated heterocycles. The first-order valence-corrected chi connectivity index (χ1v) is 5.32. The molecular weight excluding hydrogens is 204 g/mol. The molecule has 1 unspecified atom stereocenters. The average molecular weight is 222 g/mol. The smallest absolute Gasteiger partial charge is 0.306 e. The van der Waals surface area contributed by atoms with Crippen molar-refractivity contribution in [3.63, 3.8) is 0 Å². The Labute approximate surface area is 96.1 Å². The summed E-state index contributed by atoms with van der Waals surface area (Å²) in [6.45, 7) is 5.67. The Balaban J connectivity index is 2.96. The summed E-state index contributed by atoms with van der Waals surface area (Å²) in [6.07, 6.45) is 0.557. The van der Waals surface area contributed by atoms with Crippen LogP contribution in [0.15, 0.2) is 12.1 Å². The van der Waals surface area contributed by atoms with E-state index < -0.39 is 5.97 Å². The van der Waals surface area contributed by atoms with Crippen LogP contribution in [0, 0.1) is 19.8 Å². The molecule has 0 heterocycles. The summed E-state index contributed by atoms with van der Waals surface area (Å²) in [5.41, 5.74) is 3.15. The van der Waals surface area contributed by atoms with Crippen molar-refractivity contribution < 1.29 is 14.6 Å². The number of carboxylic acid groups (broad SMARTS) is 1. The van der Waals surface area contributed by atoms with E-state index >= 15 is 0 Å². The van der Waals surface area contributed by atoms with E-state index in [0.29, 0.717) is 6.42 Å². The maximum absolute atomic E-state index is 10.8. The van der Waals surface area contributed by atoms with Crippen LogP contribution in [0.1, 0.15) is 23.6 Å². The quantitative estimate of drug-likeness (QED) is 0.851. The predicted octanol–water partition coefficient (Wildman–Crippen LogP) is 2.58. The zero-order valence-electron chi connectivity index (χ0n) is 10.2. The summed E-state index contributed by atoms with van der Waals surface area (Å²) in [4.78, 5) is 10.8. The number of aliphatic carboxylic acids is 1. The summed E-state index contributed by atoms with van der Waals surface area (Å²) >= 11 is 0. The third-order valence-corrected chi connectivity index (χ3v) is 2.69. The topological polar surface area (TPSA) is 46.5 Å². The number of benzene rings is 1. The van der Waals surface area contributed by atoms with E-state index in [1.54, 1.807) is 14.0 Å². The molecule has 0 bridgehead atoms. The number of rotatable bonds is 4. The maximum Gasteiger partial charge on any atom is 0.306 e. The van der Waals surface area contributed by atoms with Crippen LogP contribution in [-0.4, -0.2) is 18.2 Å². The van der Waals surface area contributed by atoms with Crippen molar-refractivity contribution in [1.29, 1.82) is 0 Å². The highest BCUT2D eigenvalue weighted by molar-refractivity contribution is 5.70. The van der Waals surface area contributed by atoms with Crippen LogP contribution >= 0.6 is 0 Å². The molecule has 1 atom stereocenters. The first-order chi connectivity index (χ1) is 7.45. The molecule has 1 N–H and O–H groups in total. The number of methoxy groups -OCH3 is 1. The first-order valence-electron chi connectivity index (χ1n) is 5.32. The van der Waals surface area contributed by atoms with Crippen LogP contribution in [-0.2, 0) is 11.2 Å². The van der Waals surface area contributed by atoms with E-state index in [9.17, 15) is 4.79 Å². The largest absolute Gasteiger partial charge is 0.496 e. The van der Waals surface area contributed by atoms with Gasteiger partial charge in [-0.05, 0) is 37.0 Å². The van der Waals surface area contributed by atoms with Crippen molar-refractivity contribution in [2.75, 3.05) is 7.11 Å². The molecule has 88 valence electrons. The van der Waals surface area contributed by atoms with Crippen molar-refractivity contribution in [2.24, 2.45) is 5.92 Å². The van der Waals surface area contributed by atoms with Crippen LogP contribution in [0.3, 0.4) is 0 Å². The third-order valence-electron chi connectivity index (χ3n) is 2.69. The second kappa shape index (κ2) is 5.01. The fraction of sp³-hybridized carbons (Fsp3) is 0.462. The molecule has 16 heavy (non-hydrogen) atoms. The van der Waals surface area contributed by atoms with Crippen molar-refractivity contribution >= 4 is 5.97 Å². The Kier molecular flexibility index (Phi) is 3.93. The van der Waals surface area contributed by atoms with Gasteiger partial charge in [-0.2, -0.15) is 0 Å². The van der Waals surface area contributed by atoms with Crippen LogP contribution in [0.25, 0.3) is 0 Å². The number of hydrogen-bond donors (Lipinski definition) is 1. The molecule has 0 radical (unpaired) electrons. The molecule has 3 nitrogen and oxygen atoms in total. The standard InChI is InChI=1S/C13H18O3/c1-8-5-11(7-10(3)13(14)15)6-9(2)12(8)16-4/h5-6,10H,7H2,1-4H3,(H,14,15). The number of hydrogen-bond acceptors (Lipinski definition) is 2. The van der Waals surface area contributed by atoms with E-state index in [1.165, 1.54) is 0 Å².